The van der Waals surface area contributed by atoms with Crippen molar-refractivity contribution in [1.29, 1.82) is 0 Å². The number of hydrogen-bond acceptors (Lipinski definition) is 6. The van der Waals surface area contributed by atoms with Crippen LogP contribution in [0.3, 0.4) is 0 Å². The second-order valence-electron chi connectivity index (χ2n) is 5.50. The highest BCUT2D eigenvalue weighted by Gasteiger charge is 2.22. The molecule has 1 amide bonds. The Balaban J connectivity index is 1.91. The van der Waals surface area contributed by atoms with Crippen molar-refractivity contribution in [1.82, 2.24) is 0 Å². The van der Waals surface area contributed by atoms with Crippen LogP contribution in [0.2, 0.25) is 5.02 Å². The van der Waals surface area contributed by atoms with Gasteiger partial charge in [0.05, 0.1) is 12.1 Å². The Morgan fingerprint density at radius 1 is 1.12 bits per heavy atom. The first-order valence-corrected chi connectivity index (χ1v) is 7.99. The third-order valence-corrected chi connectivity index (χ3v) is 4.15. The van der Waals surface area contributed by atoms with Gasteiger partial charge in [-0.05, 0) is 30.7 Å². The fourth-order valence-electron chi connectivity index (χ4n) is 2.56. The van der Waals surface area contributed by atoms with E-state index >= 15 is 0 Å². The van der Waals surface area contributed by atoms with Gasteiger partial charge in [-0.2, -0.15) is 0 Å². The van der Waals surface area contributed by atoms with Crippen LogP contribution in [0, 0.1) is 0 Å². The number of phenols is 2. The summed E-state index contributed by atoms with van der Waals surface area (Å²) in [5.41, 5.74) is 0.961. The highest BCUT2D eigenvalue weighted by Crippen LogP contribution is 2.39. The fourth-order valence-corrected chi connectivity index (χ4v) is 2.79. The number of methoxy groups -OCH3 is 1. The van der Waals surface area contributed by atoms with Crippen LogP contribution in [0.1, 0.15) is 12.8 Å². The maximum atomic E-state index is 11.8. The van der Waals surface area contributed by atoms with E-state index in [1.54, 1.807) is 17.0 Å². The number of azo groups is 1. The van der Waals surface area contributed by atoms with Gasteiger partial charge in [0.25, 0.3) is 0 Å². The van der Waals surface area contributed by atoms with Crippen molar-refractivity contribution in [2.45, 2.75) is 12.8 Å². The molecule has 0 spiro atoms. The number of carbonyl (C=O) groups excluding carboxylic acids is 1. The Kier molecular flexibility index (Phi) is 4.76. The molecule has 1 heterocycles. The summed E-state index contributed by atoms with van der Waals surface area (Å²) in [4.78, 5) is 13.5. The lowest BCUT2D eigenvalue weighted by molar-refractivity contribution is -0.117. The van der Waals surface area contributed by atoms with E-state index < -0.39 is 0 Å². The Labute approximate surface area is 149 Å². The molecule has 8 heteroatoms. The first-order chi connectivity index (χ1) is 12.0. The Hall–Kier alpha value is -2.80. The minimum absolute atomic E-state index is 0.0353. The predicted octanol–water partition coefficient (Wildman–Crippen LogP) is 4.30. The van der Waals surface area contributed by atoms with Crippen molar-refractivity contribution in [3.8, 4) is 17.2 Å². The lowest BCUT2D eigenvalue weighted by atomic mass is 10.2. The monoisotopic (exact) mass is 361 g/mol. The van der Waals surface area contributed by atoms with Gasteiger partial charge >= 0.3 is 0 Å². The molecule has 1 saturated heterocycles. The fraction of sp³-hybridized carbons (Fsp3) is 0.235. The topological polar surface area (TPSA) is 94.7 Å². The van der Waals surface area contributed by atoms with Gasteiger partial charge in [0.1, 0.15) is 28.6 Å². The predicted molar refractivity (Wildman–Crippen MR) is 93.5 cm³/mol. The van der Waals surface area contributed by atoms with Crippen molar-refractivity contribution < 1.29 is 19.7 Å². The highest BCUT2D eigenvalue weighted by molar-refractivity contribution is 6.32. The third kappa shape index (κ3) is 3.51. The molecule has 0 atom stereocenters. The summed E-state index contributed by atoms with van der Waals surface area (Å²) < 4.78 is 5.00. The van der Waals surface area contributed by atoms with Crippen molar-refractivity contribution in [3.05, 3.63) is 35.4 Å². The molecule has 2 aromatic rings. The number of carbonyl (C=O) groups is 1. The largest absolute Gasteiger partial charge is 0.506 e. The molecule has 0 radical (unpaired) electrons. The summed E-state index contributed by atoms with van der Waals surface area (Å²) in [7, 11) is 1.44. The number of rotatable bonds is 4. The molecule has 0 unspecified atom stereocenters. The molecule has 25 heavy (non-hydrogen) atoms. The quantitative estimate of drug-likeness (QED) is 0.793. The zero-order valence-corrected chi connectivity index (χ0v) is 14.2. The van der Waals surface area contributed by atoms with Gasteiger partial charge in [-0.3, -0.25) is 4.79 Å². The number of amides is 1. The Morgan fingerprint density at radius 2 is 1.84 bits per heavy atom. The van der Waals surface area contributed by atoms with Crippen LogP contribution in [-0.4, -0.2) is 29.8 Å². The highest BCUT2D eigenvalue weighted by atomic mass is 35.5. The van der Waals surface area contributed by atoms with Crippen molar-refractivity contribution in [2.24, 2.45) is 10.2 Å². The molecule has 2 N–H and O–H groups in total. The van der Waals surface area contributed by atoms with Gasteiger partial charge < -0.3 is 19.8 Å². The first-order valence-electron chi connectivity index (χ1n) is 7.61. The zero-order valence-electron chi connectivity index (χ0n) is 13.4. The van der Waals surface area contributed by atoms with Gasteiger partial charge in [0, 0.05) is 24.7 Å². The van der Waals surface area contributed by atoms with Gasteiger partial charge in [-0.15, -0.1) is 10.2 Å². The van der Waals surface area contributed by atoms with Gasteiger partial charge in [-0.1, -0.05) is 11.6 Å². The average Bonchev–Trinajstić information content (AvgIpc) is 3.02. The maximum absolute atomic E-state index is 11.8. The van der Waals surface area contributed by atoms with Crippen molar-refractivity contribution in [2.75, 3.05) is 18.6 Å². The van der Waals surface area contributed by atoms with Gasteiger partial charge in [-0.25, -0.2) is 0 Å². The number of halogens is 1. The summed E-state index contributed by atoms with van der Waals surface area (Å²) in [5, 5.41) is 28.1. The normalized spacial score (nSPS) is 14.5. The van der Waals surface area contributed by atoms with Crippen LogP contribution in [0.15, 0.2) is 40.6 Å². The first kappa shape index (κ1) is 17.0. The average molecular weight is 362 g/mol. The van der Waals surface area contributed by atoms with E-state index in [4.69, 9.17) is 16.3 Å². The minimum Gasteiger partial charge on any atom is -0.506 e. The lowest BCUT2D eigenvalue weighted by Crippen LogP contribution is -2.23. The number of ether oxygens (including phenoxy) is 1. The summed E-state index contributed by atoms with van der Waals surface area (Å²) in [6, 6.07) is 7.42. The molecule has 1 aliphatic rings. The molecule has 1 fully saturated rings. The number of aromatic hydroxyl groups is 2. The Bertz CT molecular complexity index is 854. The molecule has 0 aromatic heterocycles. The molecule has 0 aliphatic carbocycles. The van der Waals surface area contributed by atoms with Crippen LogP contribution in [-0.2, 0) is 4.79 Å². The summed E-state index contributed by atoms with van der Waals surface area (Å²) in [6.07, 6.45) is 1.31. The van der Waals surface area contributed by atoms with E-state index in [1.807, 2.05) is 0 Å². The van der Waals surface area contributed by atoms with E-state index in [2.05, 4.69) is 10.2 Å². The van der Waals surface area contributed by atoms with Crippen molar-refractivity contribution in [3.63, 3.8) is 0 Å². The second kappa shape index (κ2) is 6.98. The molecule has 1 aliphatic heterocycles. The molecule has 130 valence electrons. The van der Waals surface area contributed by atoms with Crippen LogP contribution in [0.4, 0.5) is 17.1 Å². The van der Waals surface area contributed by atoms with Crippen LogP contribution in [0.5, 0.6) is 17.2 Å². The lowest BCUT2D eigenvalue weighted by Gasteiger charge is -2.16. The number of hydrogen-bond donors (Lipinski definition) is 2. The summed E-state index contributed by atoms with van der Waals surface area (Å²) in [5.74, 6) is 0.109. The molecule has 2 aromatic carbocycles. The third-order valence-electron chi connectivity index (χ3n) is 3.86. The zero-order chi connectivity index (χ0) is 18.0. The number of anilines is 1. The number of benzene rings is 2. The maximum Gasteiger partial charge on any atom is 0.227 e. The summed E-state index contributed by atoms with van der Waals surface area (Å²) in [6.45, 7) is 0.634. The summed E-state index contributed by atoms with van der Waals surface area (Å²) >= 11 is 6.01. The molecule has 0 bridgehead atoms. The number of nitrogens with zero attached hydrogens (tertiary/aromatic N) is 3. The molecular formula is C17H16ClN3O4. The van der Waals surface area contributed by atoms with E-state index in [0.717, 1.165) is 6.42 Å². The van der Waals surface area contributed by atoms with Gasteiger partial charge in [0.15, 0.2) is 0 Å². The standard InChI is InChI=1S/C17H16ClN3O4/c1-25-16-9-15(23)13(8-11(16)18)20-19-12-7-10(4-5-14(12)22)21-6-2-3-17(21)24/h4-5,7-9,22-23H,2-3,6H2,1H3. The van der Waals surface area contributed by atoms with E-state index in [1.165, 1.54) is 25.3 Å². The molecular weight excluding hydrogens is 346 g/mol. The minimum atomic E-state index is -0.157. The van der Waals surface area contributed by atoms with E-state index in [-0.39, 0.29) is 33.8 Å². The molecule has 0 saturated carbocycles. The molecule has 7 nitrogen and oxygen atoms in total. The van der Waals surface area contributed by atoms with E-state index in [0.29, 0.717) is 24.4 Å². The van der Waals surface area contributed by atoms with Crippen molar-refractivity contribution >= 4 is 34.6 Å². The van der Waals surface area contributed by atoms with Crippen LogP contribution < -0.4 is 9.64 Å². The Morgan fingerprint density at radius 3 is 2.48 bits per heavy atom. The smallest absolute Gasteiger partial charge is 0.227 e. The van der Waals surface area contributed by atoms with Crippen LogP contribution >= 0.6 is 11.6 Å². The second-order valence-corrected chi connectivity index (χ2v) is 5.90. The van der Waals surface area contributed by atoms with E-state index in [9.17, 15) is 15.0 Å². The van der Waals surface area contributed by atoms with Gasteiger partial charge in [0.2, 0.25) is 5.91 Å². The van der Waals surface area contributed by atoms with Crippen LogP contribution in [0.25, 0.3) is 0 Å². The SMILES string of the molecule is COc1cc(O)c(N=Nc2cc(N3CCCC3=O)ccc2O)cc1Cl. The molecule has 3 rings (SSSR count). The number of phenolic OH excluding ortho intramolecular Hbond substituents is 2.